The highest BCUT2D eigenvalue weighted by Crippen LogP contribution is 2.43. The van der Waals surface area contributed by atoms with Gasteiger partial charge in [-0.1, -0.05) is 6.07 Å². The van der Waals surface area contributed by atoms with Gasteiger partial charge in [0.05, 0.1) is 26.6 Å². The predicted octanol–water partition coefficient (Wildman–Crippen LogP) is 1.10. The zero-order valence-electron chi connectivity index (χ0n) is 16.5. The SMILES string of the molecule is COc1ccc2c(c1OC)C[C@@H](C1CCN(S(C)(=O)=O)CC1)O[C@H]2CNC=O. The second-order valence-electron chi connectivity index (χ2n) is 7.26. The molecule has 0 unspecified atom stereocenters. The second kappa shape index (κ2) is 8.67. The van der Waals surface area contributed by atoms with E-state index in [0.717, 1.165) is 24.0 Å². The number of fused-ring (bicyclic) bond motifs is 1. The van der Waals surface area contributed by atoms with Crippen molar-refractivity contribution in [1.82, 2.24) is 9.62 Å². The largest absolute Gasteiger partial charge is 0.493 e. The Morgan fingerprint density at radius 1 is 1.25 bits per heavy atom. The third kappa shape index (κ3) is 4.26. The third-order valence-electron chi connectivity index (χ3n) is 5.66. The first-order chi connectivity index (χ1) is 13.4. The van der Waals surface area contributed by atoms with Gasteiger partial charge in [0.2, 0.25) is 16.4 Å². The van der Waals surface area contributed by atoms with Gasteiger partial charge in [-0.2, -0.15) is 0 Å². The van der Waals surface area contributed by atoms with E-state index >= 15 is 0 Å². The van der Waals surface area contributed by atoms with Gasteiger partial charge >= 0.3 is 0 Å². The van der Waals surface area contributed by atoms with Gasteiger partial charge in [0.15, 0.2) is 11.5 Å². The fourth-order valence-corrected chi connectivity index (χ4v) is 5.10. The van der Waals surface area contributed by atoms with Crippen LogP contribution in [0.5, 0.6) is 11.5 Å². The predicted molar refractivity (Wildman–Crippen MR) is 104 cm³/mol. The number of nitrogens with zero attached hydrogens (tertiary/aromatic N) is 1. The number of hydrogen-bond acceptors (Lipinski definition) is 6. The Bertz CT molecular complexity index is 805. The van der Waals surface area contributed by atoms with Crippen molar-refractivity contribution in [2.24, 2.45) is 5.92 Å². The van der Waals surface area contributed by atoms with E-state index in [1.165, 1.54) is 10.6 Å². The lowest BCUT2D eigenvalue weighted by Gasteiger charge is -2.40. The molecule has 1 amide bonds. The molecule has 0 aromatic heterocycles. The van der Waals surface area contributed by atoms with Crippen LogP contribution in [0.15, 0.2) is 12.1 Å². The number of amides is 1. The quantitative estimate of drug-likeness (QED) is 0.674. The Labute approximate surface area is 166 Å². The average Bonchev–Trinajstić information content (AvgIpc) is 2.70. The molecular formula is C19H28N2O6S. The van der Waals surface area contributed by atoms with Gasteiger partial charge in [0.25, 0.3) is 0 Å². The van der Waals surface area contributed by atoms with Crippen molar-refractivity contribution in [1.29, 1.82) is 0 Å². The van der Waals surface area contributed by atoms with Crippen molar-refractivity contribution >= 4 is 16.4 Å². The zero-order valence-corrected chi connectivity index (χ0v) is 17.3. The van der Waals surface area contributed by atoms with Crippen LogP contribution in [0, 0.1) is 5.92 Å². The zero-order chi connectivity index (χ0) is 20.3. The van der Waals surface area contributed by atoms with Gasteiger partial charge in [-0.3, -0.25) is 4.79 Å². The summed E-state index contributed by atoms with van der Waals surface area (Å²) in [6, 6.07) is 3.80. The number of ether oxygens (including phenoxy) is 3. The molecule has 1 saturated heterocycles. The monoisotopic (exact) mass is 412 g/mol. The fraction of sp³-hybridized carbons (Fsp3) is 0.632. The average molecular weight is 413 g/mol. The molecule has 2 aliphatic rings. The van der Waals surface area contributed by atoms with Crippen LogP contribution < -0.4 is 14.8 Å². The Morgan fingerprint density at radius 2 is 1.96 bits per heavy atom. The van der Waals surface area contributed by atoms with Crippen LogP contribution in [0.25, 0.3) is 0 Å². The van der Waals surface area contributed by atoms with Gasteiger partial charge < -0.3 is 19.5 Å². The van der Waals surface area contributed by atoms with Crippen molar-refractivity contribution in [3.8, 4) is 11.5 Å². The van der Waals surface area contributed by atoms with Gasteiger partial charge in [-0.05, 0) is 30.4 Å². The summed E-state index contributed by atoms with van der Waals surface area (Å²) in [5.74, 6) is 1.59. The topological polar surface area (TPSA) is 94.2 Å². The number of nitrogens with one attached hydrogen (secondary N) is 1. The Kier molecular flexibility index (Phi) is 6.47. The molecule has 3 rings (SSSR count). The van der Waals surface area contributed by atoms with Crippen LogP contribution >= 0.6 is 0 Å². The maximum Gasteiger partial charge on any atom is 0.211 e. The molecule has 1 N–H and O–H groups in total. The number of carbonyl (C=O) groups excluding carboxylic acids is 1. The summed E-state index contributed by atoms with van der Waals surface area (Å²) in [6.45, 7) is 1.37. The lowest BCUT2D eigenvalue weighted by atomic mass is 9.83. The number of methoxy groups -OCH3 is 2. The van der Waals surface area contributed by atoms with Gasteiger partial charge in [0, 0.05) is 31.6 Å². The number of rotatable bonds is 7. The normalized spacial score (nSPS) is 23.7. The van der Waals surface area contributed by atoms with Crippen LogP contribution in [0.1, 0.15) is 30.1 Å². The van der Waals surface area contributed by atoms with Crippen LogP contribution in [0.4, 0.5) is 0 Å². The lowest BCUT2D eigenvalue weighted by Crippen LogP contribution is -2.44. The van der Waals surface area contributed by atoms with E-state index in [4.69, 9.17) is 14.2 Å². The van der Waals surface area contributed by atoms with E-state index in [1.807, 2.05) is 12.1 Å². The van der Waals surface area contributed by atoms with Crippen molar-refractivity contribution in [2.75, 3.05) is 40.1 Å². The molecule has 2 aliphatic heterocycles. The summed E-state index contributed by atoms with van der Waals surface area (Å²) < 4.78 is 42.5. The molecule has 0 radical (unpaired) electrons. The molecule has 0 bridgehead atoms. The highest BCUT2D eigenvalue weighted by atomic mass is 32.2. The first kappa shape index (κ1) is 20.9. The Hall–Kier alpha value is -1.84. The second-order valence-corrected chi connectivity index (χ2v) is 9.24. The van der Waals surface area contributed by atoms with Crippen molar-refractivity contribution in [3.63, 3.8) is 0 Å². The molecule has 0 spiro atoms. The van der Waals surface area contributed by atoms with E-state index in [2.05, 4.69) is 5.32 Å². The molecule has 1 fully saturated rings. The molecule has 9 heteroatoms. The number of piperidine rings is 1. The molecule has 1 aromatic carbocycles. The first-order valence-corrected chi connectivity index (χ1v) is 11.2. The summed E-state index contributed by atoms with van der Waals surface area (Å²) in [6.07, 6.45) is 3.70. The molecule has 1 aromatic rings. The number of hydrogen-bond donors (Lipinski definition) is 1. The highest BCUT2D eigenvalue weighted by molar-refractivity contribution is 7.88. The minimum atomic E-state index is -3.16. The van der Waals surface area contributed by atoms with E-state index in [9.17, 15) is 13.2 Å². The molecule has 2 atom stereocenters. The molecule has 0 saturated carbocycles. The standard InChI is InChI=1S/C19H28N2O6S/c1-25-16-5-4-14-15(19(16)26-2)10-17(27-18(14)11-20-12-22)13-6-8-21(9-7-13)28(3,23)24/h4-5,12-13,17-18H,6-11H2,1-3H3,(H,20,22)/t17-,18-/m0/s1. The van der Waals surface area contributed by atoms with E-state index in [-0.39, 0.29) is 18.1 Å². The fourth-order valence-electron chi connectivity index (χ4n) is 4.22. The number of benzene rings is 1. The van der Waals surface area contributed by atoms with E-state index < -0.39 is 10.0 Å². The maximum atomic E-state index is 11.8. The molecule has 0 aliphatic carbocycles. The summed E-state index contributed by atoms with van der Waals surface area (Å²) >= 11 is 0. The van der Waals surface area contributed by atoms with Crippen molar-refractivity contribution in [3.05, 3.63) is 23.3 Å². The molecule has 156 valence electrons. The number of sulfonamides is 1. The van der Waals surface area contributed by atoms with Crippen LogP contribution in [0.3, 0.4) is 0 Å². The van der Waals surface area contributed by atoms with E-state index in [0.29, 0.717) is 44.0 Å². The van der Waals surface area contributed by atoms with E-state index in [1.54, 1.807) is 14.2 Å². The maximum absolute atomic E-state index is 11.8. The Balaban J connectivity index is 1.85. The van der Waals surface area contributed by atoms with Crippen LogP contribution in [-0.2, 0) is 26.0 Å². The molecule has 28 heavy (non-hydrogen) atoms. The Morgan fingerprint density at radius 3 is 2.54 bits per heavy atom. The van der Waals surface area contributed by atoms with Crippen molar-refractivity contribution < 1.29 is 27.4 Å². The third-order valence-corrected chi connectivity index (χ3v) is 6.96. The molecule has 2 heterocycles. The smallest absolute Gasteiger partial charge is 0.211 e. The highest BCUT2D eigenvalue weighted by Gasteiger charge is 2.37. The van der Waals surface area contributed by atoms with Crippen LogP contribution in [-0.4, -0.2) is 65.3 Å². The summed E-state index contributed by atoms with van der Waals surface area (Å²) in [4.78, 5) is 10.8. The van der Waals surface area contributed by atoms with Gasteiger partial charge in [0.1, 0.15) is 6.10 Å². The lowest BCUT2D eigenvalue weighted by molar-refractivity contribution is -0.111. The first-order valence-electron chi connectivity index (χ1n) is 9.40. The number of carbonyl (C=O) groups is 1. The van der Waals surface area contributed by atoms with Gasteiger partial charge in [-0.25, -0.2) is 12.7 Å². The van der Waals surface area contributed by atoms with Crippen LogP contribution in [0.2, 0.25) is 0 Å². The summed E-state index contributed by atoms with van der Waals surface area (Å²) in [5, 5.41) is 2.71. The van der Waals surface area contributed by atoms with Crippen molar-refractivity contribution in [2.45, 2.75) is 31.5 Å². The summed E-state index contributed by atoms with van der Waals surface area (Å²) in [5.41, 5.74) is 2.01. The molecular weight excluding hydrogens is 384 g/mol. The summed E-state index contributed by atoms with van der Waals surface area (Å²) in [7, 11) is 0.0575. The van der Waals surface area contributed by atoms with Gasteiger partial charge in [-0.15, -0.1) is 0 Å². The molecule has 8 nitrogen and oxygen atoms in total. The minimum Gasteiger partial charge on any atom is -0.493 e. The minimum absolute atomic E-state index is 0.0753.